The third kappa shape index (κ3) is 3.64. The zero-order chi connectivity index (χ0) is 18.7. The Hall–Kier alpha value is -2.62. The van der Waals surface area contributed by atoms with Gasteiger partial charge in [-0.25, -0.2) is 0 Å². The standard InChI is InChI=1S/C20H23N3O3/c1-22(2)15-10-18(20(24)25-3)23(12-15)13-16-8-9-19(26-16)17-7-5-4-6-14(17)11-21/h4-9,15,18H,10,12-13H2,1-3H3/t15-,18+/m1/s1. The minimum atomic E-state index is -0.271. The highest BCUT2D eigenvalue weighted by molar-refractivity contribution is 5.76. The molecule has 3 rings (SSSR count). The summed E-state index contributed by atoms with van der Waals surface area (Å²) in [5, 5.41) is 9.26. The fourth-order valence-electron chi connectivity index (χ4n) is 3.41. The van der Waals surface area contributed by atoms with E-state index in [0.717, 1.165) is 24.3 Å². The highest BCUT2D eigenvalue weighted by Gasteiger charge is 2.38. The van der Waals surface area contributed by atoms with Crippen molar-refractivity contribution in [1.82, 2.24) is 9.80 Å². The fourth-order valence-corrected chi connectivity index (χ4v) is 3.41. The van der Waals surface area contributed by atoms with Crippen LogP contribution in [0.25, 0.3) is 11.3 Å². The first-order chi connectivity index (χ1) is 12.5. The van der Waals surface area contributed by atoms with Crippen LogP contribution in [0.5, 0.6) is 0 Å². The normalized spacial score (nSPS) is 20.3. The molecule has 0 bridgehead atoms. The van der Waals surface area contributed by atoms with Crippen molar-refractivity contribution in [1.29, 1.82) is 5.26 Å². The molecular weight excluding hydrogens is 330 g/mol. The quantitative estimate of drug-likeness (QED) is 0.769. The molecule has 1 aromatic carbocycles. The number of furan rings is 1. The summed E-state index contributed by atoms with van der Waals surface area (Å²) < 4.78 is 10.9. The van der Waals surface area contributed by atoms with E-state index >= 15 is 0 Å². The molecule has 1 aliphatic heterocycles. The number of carbonyl (C=O) groups excluding carboxylic acids is 1. The zero-order valence-electron chi connectivity index (χ0n) is 15.3. The van der Waals surface area contributed by atoms with Gasteiger partial charge in [0.15, 0.2) is 0 Å². The molecule has 1 fully saturated rings. The minimum absolute atomic E-state index is 0.212. The molecule has 1 saturated heterocycles. The molecule has 26 heavy (non-hydrogen) atoms. The van der Waals surface area contributed by atoms with Crippen molar-refractivity contribution < 1.29 is 13.9 Å². The Labute approximate surface area is 153 Å². The molecular formula is C20H23N3O3. The number of nitrogens with zero attached hydrogens (tertiary/aromatic N) is 3. The molecule has 6 nitrogen and oxygen atoms in total. The third-order valence-corrected chi connectivity index (χ3v) is 4.92. The Kier molecular flexibility index (Phi) is 5.40. The molecule has 1 aromatic heterocycles. The van der Waals surface area contributed by atoms with Gasteiger partial charge in [-0.1, -0.05) is 12.1 Å². The topological polar surface area (TPSA) is 69.7 Å². The van der Waals surface area contributed by atoms with E-state index in [1.165, 1.54) is 7.11 Å². The highest BCUT2D eigenvalue weighted by atomic mass is 16.5. The molecule has 136 valence electrons. The van der Waals surface area contributed by atoms with Gasteiger partial charge < -0.3 is 14.1 Å². The summed E-state index contributed by atoms with van der Waals surface area (Å²) in [6.07, 6.45) is 0.741. The Morgan fingerprint density at radius 2 is 2.12 bits per heavy atom. The maximum atomic E-state index is 12.1. The second-order valence-electron chi connectivity index (χ2n) is 6.74. The number of carbonyl (C=O) groups is 1. The van der Waals surface area contributed by atoms with Gasteiger partial charge >= 0.3 is 5.97 Å². The van der Waals surface area contributed by atoms with Crippen molar-refractivity contribution in [2.75, 3.05) is 27.7 Å². The van der Waals surface area contributed by atoms with Crippen LogP contribution in [0.4, 0.5) is 0 Å². The van der Waals surface area contributed by atoms with Crippen LogP contribution < -0.4 is 0 Å². The van der Waals surface area contributed by atoms with Gasteiger partial charge in [0.1, 0.15) is 17.6 Å². The third-order valence-electron chi connectivity index (χ3n) is 4.92. The van der Waals surface area contributed by atoms with Crippen LogP contribution in [-0.4, -0.2) is 55.6 Å². The number of ether oxygens (including phenoxy) is 1. The first kappa shape index (κ1) is 18.2. The molecule has 0 unspecified atom stereocenters. The largest absolute Gasteiger partial charge is 0.468 e. The van der Waals surface area contributed by atoms with Gasteiger partial charge in [-0.15, -0.1) is 0 Å². The number of likely N-dealkylation sites (tertiary alicyclic amines) is 1. The SMILES string of the molecule is COC(=O)[C@@H]1C[C@@H](N(C)C)CN1Cc1ccc(-c2ccccc2C#N)o1. The smallest absolute Gasteiger partial charge is 0.323 e. The molecule has 0 N–H and O–H groups in total. The molecule has 1 aliphatic rings. The molecule has 6 heteroatoms. The van der Waals surface area contributed by atoms with Crippen LogP contribution in [0.1, 0.15) is 17.7 Å². The van der Waals surface area contributed by atoms with Gasteiger partial charge in [0.05, 0.1) is 25.3 Å². The van der Waals surface area contributed by atoms with Crippen molar-refractivity contribution in [2.24, 2.45) is 0 Å². The van der Waals surface area contributed by atoms with Crippen molar-refractivity contribution >= 4 is 5.97 Å². The van der Waals surface area contributed by atoms with Gasteiger partial charge in [0.2, 0.25) is 0 Å². The van der Waals surface area contributed by atoms with E-state index in [9.17, 15) is 10.1 Å². The summed E-state index contributed by atoms with van der Waals surface area (Å²) in [6.45, 7) is 1.30. The molecule has 0 aliphatic carbocycles. The summed E-state index contributed by atoms with van der Waals surface area (Å²) in [7, 11) is 5.46. The predicted octanol–water partition coefficient (Wildman–Crippen LogP) is 2.50. The second kappa shape index (κ2) is 7.73. The maximum Gasteiger partial charge on any atom is 0.323 e. The molecule has 0 amide bonds. The number of benzene rings is 1. The number of methoxy groups -OCH3 is 1. The van der Waals surface area contributed by atoms with Crippen molar-refractivity contribution in [3.05, 3.63) is 47.7 Å². The lowest BCUT2D eigenvalue weighted by Gasteiger charge is -2.21. The number of esters is 1. The van der Waals surface area contributed by atoms with E-state index < -0.39 is 0 Å². The number of likely N-dealkylation sites (N-methyl/N-ethyl adjacent to an activating group) is 1. The van der Waals surface area contributed by atoms with Gasteiger partial charge in [-0.3, -0.25) is 9.69 Å². The van der Waals surface area contributed by atoms with Crippen molar-refractivity contribution in [3.8, 4) is 17.4 Å². The first-order valence-electron chi connectivity index (χ1n) is 8.60. The van der Waals surface area contributed by atoms with E-state index in [2.05, 4.69) is 15.9 Å². The van der Waals surface area contributed by atoms with Crippen LogP contribution in [0.2, 0.25) is 0 Å². The predicted molar refractivity (Wildman–Crippen MR) is 97.2 cm³/mol. The Balaban J connectivity index is 1.79. The molecule has 2 atom stereocenters. The molecule has 0 saturated carbocycles. The van der Waals surface area contributed by atoms with E-state index in [1.807, 2.05) is 44.4 Å². The van der Waals surface area contributed by atoms with Crippen molar-refractivity contribution in [3.63, 3.8) is 0 Å². The van der Waals surface area contributed by atoms with Crippen LogP contribution in [0.3, 0.4) is 0 Å². The highest BCUT2D eigenvalue weighted by Crippen LogP contribution is 2.28. The van der Waals surface area contributed by atoms with E-state index in [4.69, 9.17) is 9.15 Å². The van der Waals surface area contributed by atoms with Crippen LogP contribution in [-0.2, 0) is 16.1 Å². The summed E-state index contributed by atoms with van der Waals surface area (Å²) in [5.41, 5.74) is 1.35. The number of rotatable bonds is 5. The lowest BCUT2D eigenvalue weighted by Crippen LogP contribution is -2.36. The summed E-state index contributed by atoms with van der Waals surface area (Å²) >= 11 is 0. The molecule has 0 spiro atoms. The Bertz CT molecular complexity index is 822. The fraction of sp³-hybridized carbons (Fsp3) is 0.400. The maximum absolute atomic E-state index is 12.1. The number of hydrogen-bond acceptors (Lipinski definition) is 6. The molecule has 0 radical (unpaired) electrons. The van der Waals surface area contributed by atoms with Crippen LogP contribution in [0.15, 0.2) is 40.8 Å². The average Bonchev–Trinajstić information content (AvgIpc) is 3.28. The minimum Gasteiger partial charge on any atom is -0.468 e. The van der Waals surface area contributed by atoms with Crippen molar-refractivity contribution in [2.45, 2.75) is 25.0 Å². The van der Waals surface area contributed by atoms with E-state index in [-0.39, 0.29) is 12.0 Å². The summed E-state index contributed by atoms with van der Waals surface area (Å²) in [5.74, 6) is 1.21. The summed E-state index contributed by atoms with van der Waals surface area (Å²) in [4.78, 5) is 16.4. The van der Waals surface area contributed by atoms with Crippen LogP contribution in [0, 0.1) is 11.3 Å². The van der Waals surface area contributed by atoms with Gasteiger partial charge in [0, 0.05) is 18.2 Å². The molecule has 2 aromatic rings. The monoisotopic (exact) mass is 353 g/mol. The first-order valence-corrected chi connectivity index (χ1v) is 8.60. The number of hydrogen-bond donors (Lipinski definition) is 0. The number of nitriles is 1. The van der Waals surface area contributed by atoms with Gasteiger partial charge in [0.25, 0.3) is 0 Å². The second-order valence-corrected chi connectivity index (χ2v) is 6.74. The average molecular weight is 353 g/mol. The van der Waals surface area contributed by atoms with E-state index in [1.54, 1.807) is 6.07 Å². The van der Waals surface area contributed by atoms with Crippen LogP contribution >= 0.6 is 0 Å². The van der Waals surface area contributed by atoms with Gasteiger partial charge in [-0.2, -0.15) is 5.26 Å². The Morgan fingerprint density at radius 3 is 2.81 bits per heavy atom. The zero-order valence-corrected chi connectivity index (χ0v) is 15.3. The van der Waals surface area contributed by atoms with E-state index in [0.29, 0.717) is 23.9 Å². The van der Waals surface area contributed by atoms with Gasteiger partial charge in [-0.05, 0) is 44.8 Å². The lowest BCUT2D eigenvalue weighted by atomic mass is 10.1. The Morgan fingerprint density at radius 1 is 1.35 bits per heavy atom. The lowest BCUT2D eigenvalue weighted by molar-refractivity contribution is -0.146. The summed E-state index contributed by atoms with van der Waals surface area (Å²) in [6, 6.07) is 13.3. The molecule has 2 heterocycles.